The number of para-hydroxylation sites is 1. The fourth-order valence-corrected chi connectivity index (χ4v) is 3.08. The van der Waals surface area contributed by atoms with E-state index in [4.69, 9.17) is 0 Å². The first-order valence-electron chi connectivity index (χ1n) is 6.96. The summed E-state index contributed by atoms with van der Waals surface area (Å²) >= 11 is 0. The summed E-state index contributed by atoms with van der Waals surface area (Å²) in [6.07, 6.45) is 4.57. The Kier molecular flexibility index (Phi) is 4.83. The normalized spacial score (nSPS) is 19.5. The zero-order chi connectivity index (χ0) is 12.4. The van der Waals surface area contributed by atoms with Gasteiger partial charge in [0.15, 0.2) is 0 Å². The monoisotopic (exact) mass is 280 g/mol. The van der Waals surface area contributed by atoms with E-state index >= 15 is 0 Å². The van der Waals surface area contributed by atoms with Gasteiger partial charge in [-0.25, -0.2) is 0 Å². The number of hydrogen-bond donors (Lipinski definition) is 1. The predicted octanol–water partition coefficient (Wildman–Crippen LogP) is 2.73. The zero-order valence-corrected chi connectivity index (χ0v) is 11.9. The van der Waals surface area contributed by atoms with Gasteiger partial charge < -0.3 is 10.2 Å². The molecule has 0 saturated heterocycles. The summed E-state index contributed by atoms with van der Waals surface area (Å²) < 4.78 is 0. The molecule has 1 fully saturated rings. The molecule has 0 radical (unpaired) electrons. The molecule has 1 aromatic carbocycles. The zero-order valence-electron chi connectivity index (χ0n) is 11.1. The standard InChI is InChI=1S/C15H20N2O.ClH/c18-15(12-5-1-2-6-12)17-10-9-16-11-13-7-3-4-8-14(13)17;/h3-4,7-8,12,16H,1-2,5-6,9-11H2;1H. The Morgan fingerprint density at radius 1 is 1.21 bits per heavy atom. The van der Waals surface area contributed by atoms with Crippen molar-refractivity contribution in [3.8, 4) is 0 Å². The van der Waals surface area contributed by atoms with E-state index in [9.17, 15) is 4.79 Å². The highest BCUT2D eigenvalue weighted by atomic mass is 35.5. The summed E-state index contributed by atoms with van der Waals surface area (Å²) in [7, 11) is 0. The number of nitrogens with one attached hydrogen (secondary N) is 1. The van der Waals surface area contributed by atoms with Crippen LogP contribution in [0.2, 0.25) is 0 Å². The van der Waals surface area contributed by atoms with Crippen molar-refractivity contribution in [2.75, 3.05) is 18.0 Å². The summed E-state index contributed by atoms with van der Waals surface area (Å²) in [5.41, 5.74) is 2.35. The van der Waals surface area contributed by atoms with Gasteiger partial charge in [-0.15, -0.1) is 12.4 Å². The second-order valence-electron chi connectivity index (χ2n) is 5.28. The maximum atomic E-state index is 12.6. The number of carbonyl (C=O) groups excluding carboxylic acids is 1. The van der Waals surface area contributed by atoms with Crippen molar-refractivity contribution < 1.29 is 4.79 Å². The molecule has 104 valence electrons. The fraction of sp³-hybridized carbons (Fsp3) is 0.533. The Bertz CT molecular complexity index is 444. The summed E-state index contributed by atoms with van der Waals surface area (Å²) in [6, 6.07) is 8.26. The van der Waals surface area contributed by atoms with Gasteiger partial charge in [0.25, 0.3) is 0 Å². The van der Waals surface area contributed by atoms with Crippen LogP contribution in [0.5, 0.6) is 0 Å². The lowest BCUT2D eigenvalue weighted by Gasteiger charge is -2.25. The first-order chi connectivity index (χ1) is 8.86. The number of amides is 1. The molecule has 0 unspecified atom stereocenters. The second-order valence-corrected chi connectivity index (χ2v) is 5.28. The van der Waals surface area contributed by atoms with Crippen LogP contribution in [0.25, 0.3) is 0 Å². The third-order valence-electron chi connectivity index (χ3n) is 4.08. The molecule has 1 saturated carbocycles. The second kappa shape index (κ2) is 6.40. The largest absolute Gasteiger partial charge is 0.311 e. The van der Waals surface area contributed by atoms with Gasteiger partial charge in [-0.3, -0.25) is 4.79 Å². The fourth-order valence-electron chi connectivity index (χ4n) is 3.08. The molecule has 2 aliphatic rings. The Morgan fingerprint density at radius 3 is 2.74 bits per heavy atom. The quantitative estimate of drug-likeness (QED) is 0.858. The maximum absolute atomic E-state index is 12.6. The lowest BCUT2D eigenvalue weighted by Crippen LogP contribution is -2.38. The number of anilines is 1. The average Bonchev–Trinajstić information content (AvgIpc) is 2.85. The summed E-state index contributed by atoms with van der Waals surface area (Å²) in [5, 5.41) is 3.38. The van der Waals surface area contributed by atoms with Gasteiger partial charge >= 0.3 is 0 Å². The van der Waals surface area contributed by atoms with Crippen LogP contribution in [0.3, 0.4) is 0 Å². The molecule has 1 aliphatic heterocycles. The molecule has 0 aromatic heterocycles. The van der Waals surface area contributed by atoms with Gasteiger partial charge in [-0.05, 0) is 24.5 Å². The third-order valence-corrected chi connectivity index (χ3v) is 4.08. The van der Waals surface area contributed by atoms with E-state index in [0.29, 0.717) is 5.91 Å². The highest BCUT2D eigenvalue weighted by Crippen LogP contribution is 2.30. The number of fused-ring (bicyclic) bond motifs is 1. The predicted molar refractivity (Wildman–Crippen MR) is 79.7 cm³/mol. The SMILES string of the molecule is Cl.O=C(C1CCCC1)N1CCNCc2ccccc21. The van der Waals surface area contributed by atoms with Gasteiger partial charge in [0.1, 0.15) is 0 Å². The molecule has 1 amide bonds. The first kappa shape index (κ1) is 14.4. The van der Waals surface area contributed by atoms with Crippen molar-refractivity contribution in [1.82, 2.24) is 5.32 Å². The summed E-state index contributed by atoms with van der Waals surface area (Å²) in [4.78, 5) is 14.6. The van der Waals surface area contributed by atoms with E-state index < -0.39 is 0 Å². The van der Waals surface area contributed by atoms with Crippen molar-refractivity contribution in [3.63, 3.8) is 0 Å². The Morgan fingerprint density at radius 2 is 1.95 bits per heavy atom. The third kappa shape index (κ3) is 2.93. The molecular weight excluding hydrogens is 260 g/mol. The average molecular weight is 281 g/mol. The first-order valence-corrected chi connectivity index (χ1v) is 6.96. The Labute approximate surface area is 120 Å². The summed E-state index contributed by atoms with van der Waals surface area (Å²) in [6.45, 7) is 2.55. The van der Waals surface area contributed by atoms with Crippen LogP contribution in [-0.4, -0.2) is 19.0 Å². The van der Waals surface area contributed by atoms with Crippen LogP contribution < -0.4 is 10.2 Å². The molecule has 19 heavy (non-hydrogen) atoms. The molecule has 0 atom stereocenters. The Hall–Kier alpha value is -1.06. The number of carbonyl (C=O) groups is 1. The van der Waals surface area contributed by atoms with Crippen LogP contribution in [0.4, 0.5) is 5.69 Å². The van der Waals surface area contributed by atoms with Gasteiger partial charge in [-0.2, -0.15) is 0 Å². The molecule has 1 N–H and O–H groups in total. The van der Waals surface area contributed by atoms with E-state index in [0.717, 1.165) is 38.2 Å². The molecule has 0 spiro atoms. The van der Waals surface area contributed by atoms with Crippen LogP contribution in [0, 0.1) is 5.92 Å². The topological polar surface area (TPSA) is 32.3 Å². The molecular formula is C15H21ClN2O. The van der Waals surface area contributed by atoms with E-state index in [2.05, 4.69) is 17.4 Å². The van der Waals surface area contributed by atoms with E-state index in [-0.39, 0.29) is 18.3 Å². The molecule has 3 rings (SSSR count). The summed E-state index contributed by atoms with van der Waals surface area (Å²) in [5.74, 6) is 0.597. The van der Waals surface area contributed by atoms with E-state index in [1.165, 1.54) is 18.4 Å². The number of hydrogen-bond acceptors (Lipinski definition) is 2. The van der Waals surface area contributed by atoms with Crippen molar-refractivity contribution in [2.24, 2.45) is 5.92 Å². The smallest absolute Gasteiger partial charge is 0.230 e. The molecule has 3 nitrogen and oxygen atoms in total. The van der Waals surface area contributed by atoms with E-state index in [1.807, 2.05) is 17.0 Å². The van der Waals surface area contributed by atoms with Gasteiger partial charge in [0.2, 0.25) is 5.91 Å². The highest BCUT2D eigenvalue weighted by molar-refractivity contribution is 5.96. The van der Waals surface area contributed by atoms with Crippen molar-refractivity contribution in [2.45, 2.75) is 32.2 Å². The minimum Gasteiger partial charge on any atom is -0.311 e. The molecule has 1 aromatic rings. The van der Waals surface area contributed by atoms with Gasteiger partial charge in [-0.1, -0.05) is 31.0 Å². The van der Waals surface area contributed by atoms with Gasteiger partial charge in [0, 0.05) is 31.2 Å². The number of nitrogens with zero attached hydrogens (tertiary/aromatic N) is 1. The number of rotatable bonds is 1. The van der Waals surface area contributed by atoms with Crippen molar-refractivity contribution in [1.29, 1.82) is 0 Å². The molecule has 1 aliphatic carbocycles. The Balaban J connectivity index is 0.00000133. The van der Waals surface area contributed by atoms with Crippen molar-refractivity contribution >= 4 is 24.0 Å². The molecule has 0 bridgehead atoms. The molecule has 4 heteroatoms. The van der Waals surface area contributed by atoms with Gasteiger partial charge in [0.05, 0.1) is 0 Å². The highest BCUT2D eigenvalue weighted by Gasteiger charge is 2.29. The minimum atomic E-state index is 0. The number of halogens is 1. The van der Waals surface area contributed by atoms with Crippen LogP contribution in [-0.2, 0) is 11.3 Å². The van der Waals surface area contributed by atoms with Crippen LogP contribution >= 0.6 is 12.4 Å². The lowest BCUT2D eigenvalue weighted by atomic mass is 10.1. The lowest BCUT2D eigenvalue weighted by molar-refractivity contribution is -0.122. The number of benzene rings is 1. The van der Waals surface area contributed by atoms with E-state index in [1.54, 1.807) is 0 Å². The van der Waals surface area contributed by atoms with Crippen LogP contribution in [0.15, 0.2) is 24.3 Å². The van der Waals surface area contributed by atoms with Crippen molar-refractivity contribution in [3.05, 3.63) is 29.8 Å². The van der Waals surface area contributed by atoms with Crippen LogP contribution in [0.1, 0.15) is 31.2 Å². The molecule has 1 heterocycles. The maximum Gasteiger partial charge on any atom is 0.230 e. The minimum absolute atomic E-state index is 0.